The highest BCUT2D eigenvalue weighted by molar-refractivity contribution is 7.99. The summed E-state index contributed by atoms with van der Waals surface area (Å²) in [5, 5.41) is 0.514. The molecule has 0 bridgehead atoms. The summed E-state index contributed by atoms with van der Waals surface area (Å²) in [5.74, 6) is -0.339. The van der Waals surface area contributed by atoms with Gasteiger partial charge in [-0.25, -0.2) is 14.2 Å². The van der Waals surface area contributed by atoms with Gasteiger partial charge in [0.05, 0.1) is 6.54 Å². The lowest BCUT2D eigenvalue weighted by atomic mass is 10.2. The fourth-order valence-corrected chi connectivity index (χ4v) is 4.02. The van der Waals surface area contributed by atoms with Crippen molar-refractivity contribution < 1.29 is 4.39 Å². The van der Waals surface area contributed by atoms with Gasteiger partial charge in [0.2, 0.25) is 0 Å². The third kappa shape index (κ3) is 3.33. The number of nitrogens with two attached hydrogens (primary N) is 1. The summed E-state index contributed by atoms with van der Waals surface area (Å²) in [6.45, 7) is 0.291. The van der Waals surface area contributed by atoms with E-state index < -0.39 is 11.2 Å². The van der Waals surface area contributed by atoms with E-state index in [9.17, 15) is 14.0 Å². The molecule has 0 amide bonds. The van der Waals surface area contributed by atoms with Gasteiger partial charge in [0.25, 0.3) is 5.56 Å². The monoisotopic (exact) mass is 411 g/mol. The van der Waals surface area contributed by atoms with E-state index in [4.69, 9.17) is 5.73 Å². The number of rotatable bonds is 4. The molecule has 0 unspecified atom stereocenters. The summed E-state index contributed by atoms with van der Waals surface area (Å²) < 4.78 is 17.4. The van der Waals surface area contributed by atoms with Crippen LogP contribution in [0, 0.1) is 5.82 Å². The first-order chi connectivity index (χ1) is 13.9. The van der Waals surface area contributed by atoms with Gasteiger partial charge in [0, 0.05) is 24.7 Å². The minimum absolute atomic E-state index is 0.289. The van der Waals surface area contributed by atoms with Crippen LogP contribution in [0.3, 0.4) is 0 Å². The van der Waals surface area contributed by atoms with Crippen LogP contribution in [0.2, 0.25) is 0 Å². The maximum Gasteiger partial charge on any atom is 0.332 e. The van der Waals surface area contributed by atoms with E-state index >= 15 is 0 Å². The third-order valence-electron chi connectivity index (χ3n) is 4.69. The minimum Gasteiger partial charge on any atom is -0.398 e. The number of hydrogen-bond acceptors (Lipinski definition) is 5. The summed E-state index contributed by atoms with van der Waals surface area (Å²) in [6.07, 6.45) is 0. The zero-order valence-corrected chi connectivity index (χ0v) is 16.6. The number of halogens is 1. The summed E-state index contributed by atoms with van der Waals surface area (Å²) >= 11 is 1.31. The second kappa shape index (κ2) is 7.25. The SMILES string of the molecule is Cn1c(=O)c2c(nc(Sc3ccccc3N)n2Cc2ccc(F)cc2)n(C)c1=O. The standard InChI is InChI=1S/C20H18FN5O2S/c1-24-17-16(18(27)25(2)20(24)28)26(11-12-7-9-13(21)10-8-12)19(23-17)29-15-6-4-3-5-14(15)22/h3-10H,11,22H2,1-2H3. The molecule has 0 atom stereocenters. The van der Waals surface area contributed by atoms with Gasteiger partial charge >= 0.3 is 5.69 Å². The summed E-state index contributed by atoms with van der Waals surface area (Å²) in [6, 6.07) is 13.4. The Balaban J connectivity index is 1.96. The molecule has 0 spiro atoms. The van der Waals surface area contributed by atoms with E-state index in [0.717, 1.165) is 15.0 Å². The lowest BCUT2D eigenvalue weighted by Gasteiger charge is -2.10. The second-order valence-corrected chi connectivity index (χ2v) is 7.63. The normalized spacial score (nSPS) is 11.3. The maximum absolute atomic E-state index is 13.3. The molecule has 0 saturated heterocycles. The van der Waals surface area contributed by atoms with E-state index in [0.29, 0.717) is 22.9 Å². The van der Waals surface area contributed by atoms with Gasteiger partial charge in [-0.2, -0.15) is 0 Å². The Morgan fingerprint density at radius 3 is 2.41 bits per heavy atom. The maximum atomic E-state index is 13.3. The van der Waals surface area contributed by atoms with Crippen molar-refractivity contribution in [2.45, 2.75) is 16.6 Å². The number of anilines is 1. The lowest BCUT2D eigenvalue weighted by Crippen LogP contribution is -2.37. The largest absolute Gasteiger partial charge is 0.398 e. The van der Waals surface area contributed by atoms with Crippen LogP contribution >= 0.6 is 11.8 Å². The number of benzene rings is 2. The van der Waals surface area contributed by atoms with Gasteiger partial charge in [-0.1, -0.05) is 24.3 Å². The molecule has 0 aliphatic heterocycles. The van der Waals surface area contributed by atoms with Gasteiger partial charge in [-0.3, -0.25) is 13.9 Å². The molecule has 2 aromatic heterocycles. The molecule has 4 rings (SSSR count). The Hall–Kier alpha value is -3.33. The molecular formula is C20H18FN5O2S. The summed E-state index contributed by atoms with van der Waals surface area (Å²) in [7, 11) is 3.01. The number of para-hydroxylation sites is 1. The van der Waals surface area contributed by atoms with E-state index in [2.05, 4.69) is 4.98 Å². The van der Waals surface area contributed by atoms with Crippen molar-refractivity contribution in [3.63, 3.8) is 0 Å². The quantitative estimate of drug-likeness (QED) is 0.521. The van der Waals surface area contributed by atoms with Gasteiger partial charge in [0.15, 0.2) is 16.3 Å². The number of aromatic nitrogens is 4. The second-order valence-electron chi connectivity index (χ2n) is 6.62. The number of fused-ring (bicyclic) bond motifs is 1. The fourth-order valence-electron chi connectivity index (χ4n) is 3.10. The van der Waals surface area contributed by atoms with Crippen molar-refractivity contribution >= 4 is 28.6 Å². The van der Waals surface area contributed by atoms with Crippen LogP contribution in [0.4, 0.5) is 10.1 Å². The molecule has 2 aromatic carbocycles. The zero-order valence-electron chi connectivity index (χ0n) is 15.8. The van der Waals surface area contributed by atoms with Crippen LogP contribution < -0.4 is 17.0 Å². The fraction of sp³-hybridized carbons (Fsp3) is 0.150. The Bertz CT molecular complexity index is 1340. The van der Waals surface area contributed by atoms with Crippen molar-refractivity contribution in [1.82, 2.24) is 18.7 Å². The molecule has 4 aromatic rings. The molecule has 9 heteroatoms. The number of nitrogen functional groups attached to an aromatic ring is 1. The van der Waals surface area contributed by atoms with Crippen LogP contribution in [-0.2, 0) is 20.6 Å². The molecule has 2 N–H and O–H groups in total. The number of aryl methyl sites for hydroxylation is 1. The predicted molar refractivity (Wildman–Crippen MR) is 111 cm³/mol. The molecule has 7 nitrogen and oxygen atoms in total. The van der Waals surface area contributed by atoms with Gasteiger partial charge in [-0.05, 0) is 41.6 Å². The van der Waals surface area contributed by atoms with Crippen LogP contribution in [-0.4, -0.2) is 18.7 Å². The predicted octanol–water partition coefficient (Wildman–Crippen LogP) is 2.35. The molecule has 148 valence electrons. The van der Waals surface area contributed by atoms with Crippen LogP contribution in [0.25, 0.3) is 11.2 Å². The van der Waals surface area contributed by atoms with Crippen molar-refractivity contribution in [1.29, 1.82) is 0 Å². The Labute approximate surface area is 169 Å². The summed E-state index contributed by atoms with van der Waals surface area (Å²) in [5.41, 5.74) is 7.15. The first-order valence-electron chi connectivity index (χ1n) is 8.80. The molecule has 2 heterocycles. The number of imidazole rings is 1. The summed E-state index contributed by atoms with van der Waals surface area (Å²) in [4.78, 5) is 30.6. The topological polar surface area (TPSA) is 87.8 Å². The highest BCUT2D eigenvalue weighted by Gasteiger charge is 2.20. The van der Waals surface area contributed by atoms with Crippen LogP contribution in [0.5, 0.6) is 0 Å². The zero-order chi connectivity index (χ0) is 20.7. The van der Waals surface area contributed by atoms with Crippen molar-refractivity contribution in [3.8, 4) is 0 Å². The average molecular weight is 411 g/mol. The first kappa shape index (κ1) is 19.0. The molecule has 0 aliphatic carbocycles. The number of nitrogens with zero attached hydrogens (tertiary/aromatic N) is 4. The van der Waals surface area contributed by atoms with Crippen molar-refractivity contribution in [2.24, 2.45) is 14.1 Å². The lowest BCUT2D eigenvalue weighted by molar-refractivity contribution is 0.625. The molecule has 0 fully saturated rings. The Morgan fingerprint density at radius 1 is 1.03 bits per heavy atom. The number of hydrogen-bond donors (Lipinski definition) is 1. The Kier molecular flexibility index (Phi) is 4.75. The minimum atomic E-state index is -0.454. The molecule has 0 radical (unpaired) electrons. The Morgan fingerprint density at radius 2 is 1.72 bits per heavy atom. The molecule has 29 heavy (non-hydrogen) atoms. The van der Waals surface area contributed by atoms with E-state index in [1.165, 1.54) is 35.5 Å². The van der Waals surface area contributed by atoms with E-state index in [1.807, 2.05) is 18.2 Å². The van der Waals surface area contributed by atoms with Gasteiger partial charge in [0.1, 0.15) is 5.82 Å². The molecule has 0 aliphatic rings. The third-order valence-corrected chi connectivity index (χ3v) is 5.77. The van der Waals surface area contributed by atoms with E-state index in [1.54, 1.807) is 29.8 Å². The average Bonchev–Trinajstić information content (AvgIpc) is 3.06. The van der Waals surface area contributed by atoms with E-state index in [-0.39, 0.29) is 11.5 Å². The molecular weight excluding hydrogens is 393 g/mol. The van der Waals surface area contributed by atoms with Crippen LogP contribution in [0.15, 0.2) is 68.2 Å². The smallest absolute Gasteiger partial charge is 0.332 e. The highest BCUT2D eigenvalue weighted by Crippen LogP contribution is 2.33. The molecule has 0 saturated carbocycles. The highest BCUT2D eigenvalue weighted by atomic mass is 32.2. The first-order valence-corrected chi connectivity index (χ1v) is 9.61. The van der Waals surface area contributed by atoms with Gasteiger partial charge in [-0.15, -0.1) is 0 Å². The van der Waals surface area contributed by atoms with Crippen molar-refractivity contribution in [2.75, 3.05) is 5.73 Å². The van der Waals surface area contributed by atoms with Crippen molar-refractivity contribution in [3.05, 3.63) is 80.7 Å². The van der Waals surface area contributed by atoms with Crippen LogP contribution in [0.1, 0.15) is 5.56 Å². The van der Waals surface area contributed by atoms with Gasteiger partial charge < -0.3 is 10.3 Å².